The molecule has 0 spiro atoms. The van der Waals surface area contributed by atoms with E-state index in [1.807, 2.05) is 54.5 Å². The van der Waals surface area contributed by atoms with Crippen molar-refractivity contribution in [2.45, 2.75) is 26.3 Å². The Morgan fingerprint density at radius 1 is 1.27 bits per heavy atom. The number of guanidine groups is 1. The highest BCUT2D eigenvalue weighted by molar-refractivity contribution is 7.88. The number of sulfonamides is 1. The summed E-state index contributed by atoms with van der Waals surface area (Å²) in [5.74, 6) is 1.27. The summed E-state index contributed by atoms with van der Waals surface area (Å²) in [6.45, 7) is 5.42. The Kier molecular flexibility index (Phi) is 7.49. The molecule has 9 heteroatoms. The van der Waals surface area contributed by atoms with Crippen molar-refractivity contribution in [2.75, 3.05) is 39.5 Å². The molecule has 1 saturated heterocycles. The Morgan fingerprint density at radius 3 is 2.60 bits per heavy atom. The van der Waals surface area contributed by atoms with E-state index in [2.05, 4.69) is 22.2 Å². The van der Waals surface area contributed by atoms with Gasteiger partial charge >= 0.3 is 0 Å². The summed E-state index contributed by atoms with van der Waals surface area (Å²) in [5, 5.41) is 7.82. The molecule has 1 aliphatic rings. The fraction of sp³-hybridized carbons (Fsp3) is 0.524. The van der Waals surface area contributed by atoms with Crippen molar-refractivity contribution < 1.29 is 8.42 Å². The summed E-state index contributed by atoms with van der Waals surface area (Å²) in [6.07, 6.45) is 6.90. The van der Waals surface area contributed by atoms with Gasteiger partial charge in [0.15, 0.2) is 5.96 Å². The van der Waals surface area contributed by atoms with E-state index in [-0.39, 0.29) is 0 Å². The monoisotopic (exact) mass is 432 g/mol. The average Bonchev–Trinajstić information content (AvgIpc) is 3.20. The van der Waals surface area contributed by atoms with Gasteiger partial charge in [0.05, 0.1) is 18.1 Å². The lowest BCUT2D eigenvalue weighted by Gasteiger charge is -2.30. The minimum atomic E-state index is -3.09. The van der Waals surface area contributed by atoms with Crippen LogP contribution < -0.4 is 5.32 Å². The fourth-order valence-corrected chi connectivity index (χ4v) is 4.50. The van der Waals surface area contributed by atoms with E-state index in [0.29, 0.717) is 32.1 Å². The molecule has 1 aromatic heterocycles. The maximum atomic E-state index is 11.7. The number of aromatic nitrogens is 2. The van der Waals surface area contributed by atoms with Gasteiger partial charge in [-0.3, -0.25) is 4.99 Å². The predicted octanol–water partition coefficient (Wildman–Crippen LogP) is 1.94. The molecule has 1 N–H and O–H groups in total. The lowest BCUT2D eigenvalue weighted by molar-refractivity contribution is 0.279. The summed E-state index contributed by atoms with van der Waals surface area (Å²) < 4.78 is 26.8. The predicted molar refractivity (Wildman–Crippen MR) is 120 cm³/mol. The first-order chi connectivity index (χ1) is 14.4. The maximum Gasteiger partial charge on any atom is 0.211 e. The summed E-state index contributed by atoms with van der Waals surface area (Å²) in [6, 6.07) is 10.0. The zero-order valence-electron chi connectivity index (χ0n) is 18.0. The second-order valence-corrected chi connectivity index (χ2v) is 9.77. The third-order valence-corrected chi connectivity index (χ3v) is 6.62. The van der Waals surface area contributed by atoms with Crippen molar-refractivity contribution in [3.05, 3.63) is 48.3 Å². The van der Waals surface area contributed by atoms with Crippen molar-refractivity contribution >= 4 is 16.0 Å². The van der Waals surface area contributed by atoms with Crippen LogP contribution in [0.25, 0.3) is 5.69 Å². The van der Waals surface area contributed by atoms with Gasteiger partial charge in [0.25, 0.3) is 0 Å². The molecule has 164 valence electrons. The molecule has 2 aromatic rings. The zero-order valence-corrected chi connectivity index (χ0v) is 18.8. The van der Waals surface area contributed by atoms with Gasteiger partial charge in [0, 0.05) is 51.5 Å². The van der Waals surface area contributed by atoms with Gasteiger partial charge in [-0.2, -0.15) is 5.10 Å². The molecule has 0 aliphatic carbocycles. The number of para-hydroxylation sites is 1. The van der Waals surface area contributed by atoms with Gasteiger partial charge in [0.2, 0.25) is 10.0 Å². The smallest absolute Gasteiger partial charge is 0.211 e. The van der Waals surface area contributed by atoms with Gasteiger partial charge in [0.1, 0.15) is 0 Å². The Labute approximate surface area is 179 Å². The van der Waals surface area contributed by atoms with Gasteiger partial charge in [-0.05, 0) is 37.8 Å². The minimum absolute atomic E-state index is 0.408. The Morgan fingerprint density at radius 2 is 1.97 bits per heavy atom. The topological polar surface area (TPSA) is 82.8 Å². The molecule has 1 fully saturated rings. The highest BCUT2D eigenvalue weighted by Gasteiger charge is 2.24. The van der Waals surface area contributed by atoms with Crippen LogP contribution in [0.1, 0.15) is 25.3 Å². The molecule has 0 saturated carbocycles. The molecule has 1 aromatic carbocycles. The maximum absolute atomic E-state index is 11.7. The second-order valence-electron chi connectivity index (χ2n) is 7.78. The van der Waals surface area contributed by atoms with Crippen molar-refractivity contribution in [1.82, 2.24) is 24.3 Å². The lowest BCUT2D eigenvalue weighted by Crippen LogP contribution is -2.40. The number of piperidine rings is 1. The van der Waals surface area contributed by atoms with Crippen LogP contribution in [0.4, 0.5) is 0 Å². The third-order valence-electron chi connectivity index (χ3n) is 5.31. The van der Waals surface area contributed by atoms with Gasteiger partial charge in [-0.1, -0.05) is 18.2 Å². The first-order valence-electron chi connectivity index (χ1n) is 10.4. The molecule has 0 unspecified atom stereocenters. The van der Waals surface area contributed by atoms with Crippen LogP contribution in [-0.4, -0.2) is 72.8 Å². The number of hydrogen-bond donors (Lipinski definition) is 1. The largest absolute Gasteiger partial charge is 0.357 e. The third kappa shape index (κ3) is 6.06. The minimum Gasteiger partial charge on any atom is -0.357 e. The number of hydrogen-bond acceptors (Lipinski definition) is 4. The first-order valence-corrected chi connectivity index (χ1v) is 12.2. The molecule has 8 nitrogen and oxygen atoms in total. The summed E-state index contributed by atoms with van der Waals surface area (Å²) in [5.41, 5.74) is 2.14. The number of nitrogens with zero attached hydrogens (tertiary/aromatic N) is 5. The van der Waals surface area contributed by atoms with Crippen LogP contribution in [0, 0.1) is 5.92 Å². The van der Waals surface area contributed by atoms with Crippen LogP contribution in [0.15, 0.2) is 47.7 Å². The number of aliphatic imine (C=N–C) groups is 1. The highest BCUT2D eigenvalue weighted by atomic mass is 32.2. The Hall–Kier alpha value is -2.39. The number of nitrogens with one attached hydrogen (secondary N) is 1. The Bertz CT molecular complexity index is 933. The van der Waals surface area contributed by atoms with Crippen molar-refractivity contribution in [3.63, 3.8) is 0 Å². The molecule has 3 rings (SSSR count). The van der Waals surface area contributed by atoms with Crippen LogP contribution in [0.2, 0.25) is 0 Å². The van der Waals surface area contributed by atoms with Crippen LogP contribution in [0.5, 0.6) is 0 Å². The second kappa shape index (κ2) is 10.1. The van der Waals surface area contributed by atoms with Gasteiger partial charge in [-0.25, -0.2) is 17.4 Å². The van der Waals surface area contributed by atoms with Crippen LogP contribution in [-0.2, 0) is 16.6 Å². The average molecular weight is 433 g/mol. The summed E-state index contributed by atoms with van der Waals surface area (Å²) in [7, 11) is -1.06. The molecule has 0 atom stereocenters. The molecule has 0 radical (unpaired) electrons. The van der Waals surface area contributed by atoms with E-state index in [0.717, 1.165) is 36.6 Å². The van der Waals surface area contributed by atoms with E-state index in [1.165, 1.54) is 6.26 Å². The SMILES string of the molecule is CCNC(=NCC1CCN(S(C)(=O)=O)CC1)N(C)Cc1cnn(-c2ccccc2)c1. The normalized spacial score (nSPS) is 16.6. The summed E-state index contributed by atoms with van der Waals surface area (Å²) in [4.78, 5) is 6.92. The first kappa shape index (κ1) is 22.3. The summed E-state index contributed by atoms with van der Waals surface area (Å²) >= 11 is 0. The van der Waals surface area contributed by atoms with Gasteiger partial charge in [-0.15, -0.1) is 0 Å². The Balaban J connectivity index is 1.58. The molecular weight excluding hydrogens is 400 g/mol. The van der Waals surface area contributed by atoms with E-state index in [4.69, 9.17) is 4.99 Å². The standard InChI is InChI=1S/C21H32N6O2S/c1-4-22-21(23-14-18-10-12-26(13-11-18)30(3,28)29)25(2)16-19-15-24-27(17-19)20-8-6-5-7-9-20/h5-9,15,17-18H,4,10-14,16H2,1-3H3,(H,22,23). The van der Waals surface area contributed by atoms with Crippen molar-refractivity contribution in [3.8, 4) is 5.69 Å². The van der Waals surface area contributed by atoms with E-state index < -0.39 is 10.0 Å². The number of benzene rings is 1. The van der Waals surface area contributed by atoms with E-state index in [9.17, 15) is 8.42 Å². The zero-order chi connectivity index (χ0) is 21.6. The highest BCUT2D eigenvalue weighted by Crippen LogP contribution is 2.19. The molecule has 30 heavy (non-hydrogen) atoms. The fourth-order valence-electron chi connectivity index (χ4n) is 3.62. The lowest BCUT2D eigenvalue weighted by atomic mass is 9.98. The van der Waals surface area contributed by atoms with Crippen molar-refractivity contribution in [2.24, 2.45) is 10.9 Å². The molecular formula is C21H32N6O2S. The van der Waals surface area contributed by atoms with Gasteiger partial charge < -0.3 is 10.2 Å². The number of rotatable bonds is 7. The van der Waals surface area contributed by atoms with Crippen LogP contribution in [0.3, 0.4) is 0 Å². The van der Waals surface area contributed by atoms with Crippen molar-refractivity contribution in [1.29, 1.82) is 0 Å². The molecule has 2 heterocycles. The molecule has 0 bridgehead atoms. The van der Waals surface area contributed by atoms with E-state index >= 15 is 0 Å². The molecule has 1 aliphatic heterocycles. The van der Waals surface area contributed by atoms with E-state index in [1.54, 1.807) is 4.31 Å². The molecule has 0 amide bonds. The van der Waals surface area contributed by atoms with Crippen LogP contribution >= 0.6 is 0 Å². The quantitative estimate of drug-likeness (QED) is 0.534.